The summed E-state index contributed by atoms with van der Waals surface area (Å²) in [6, 6.07) is -3.85. The second-order valence-electron chi connectivity index (χ2n) is 11.3. The Bertz CT molecular complexity index is 819. The largest absolute Gasteiger partial charge is 0.395 e. The SMILES string of the molecule is NCC(O)C(=O)NC1CC(N)C(C2OC(CNCC(N)CO)CCC2N)C(O)C1OC1OC(CO)C(O)C(N)C1O. The van der Waals surface area contributed by atoms with Crippen LogP contribution >= 0.6 is 0 Å². The molecule has 3 fully saturated rings. The van der Waals surface area contributed by atoms with Gasteiger partial charge < -0.3 is 84.2 Å². The number of nitrogens with two attached hydrogens (primary N) is 5. The van der Waals surface area contributed by atoms with Crippen molar-refractivity contribution in [1.82, 2.24) is 10.6 Å². The quantitative estimate of drug-likeness (QED) is 0.0996. The summed E-state index contributed by atoms with van der Waals surface area (Å²) in [4.78, 5) is 12.5. The molecule has 2 aliphatic heterocycles. The summed E-state index contributed by atoms with van der Waals surface area (Å²) in [6.45, 7) is -0.331. The molecule has 0 radical (unpaired) electrons. The number of amides is 1. The first kappa shape index (κ1) is 34.4. The van der Waals surface area contributed by atoms with E-state index in [-0.39, 0.29) is 25.7 Å². The Morgan fingerprint density at radius 3 is 2.37 bits per heavy atom. The van der Waals surface area contributed by atoms with Crippen molar-refractivity contribution in [3.05, 3.63) is 0 Å². The first-order chi connectivity index (χ1) is 19.4. The van der Waals surface area contributed by atoms with E-state index in [9.17, 15) is 30.3 Å². The van der Waals surface area contributed by atoms with Gasteiger partial charge in [-0.05, 0) is 19.3 Å². The summed E-state index contributed by atoms with van der Waals surface area (Å²) in [5.41, 5.74) is 30.0. The fraction of sp³-hybridized carbons (Fsp3) is 0.958. The Kier molecular flexibility index (Phi) is 13.0. The Morgan fingerprint density at radius 2 is 1.73 bits per heavy atom. The van der Waals surface area contributed by atoms with Crippen molar-refractivity contribution in [3.8, 4) is 0 Å². The van der Waals surface area contributed by atoms with Gasteiger partial charge in [0.15, 0.2) is 6.29 Å². The predicted octanol–water partition coefficient (Wildman–Crippen LogP) is -7.57. The first-order valence-electron chi connectivity index (χ1n) is 14.1. The van der Waals surface area contributed by atoms with Crippen LogP contribution in [0.4, 0.5) is 0 Å². The summed E-state index contributed by atoms with van der Waals surface area (Å²) in [5, 5.41) is 67.0. The molecule has 41 heavy (non-hydrogen) atoms. The van der Waals surface area contributed by atoms with E-state index in [0.717, 1.165) is 0 Å². The molecule has 1 saturated carbocycles. The van der Waals surface area contributed by atoms with Gasteiger partial charge in [-0.25, -0.2) is 0 Å². The summed E-state index contributed by atoms with van der Waals surface area (Å²) in [5.74, 6) is -1.59. The molecule has 15 atom stereocenters. The normalized spacial score (nSPS) is 43.3. The van der Waals surface area contributed by atoms with Crippen molar-refractivity contribution in [3.63, 3.8) is 0 Å². The molecule has 1 amide bonds. The molecule has 0 aromatic heterocycles. The molecule has 17 heteroatoms. The molecule has 3 rings (SSSR count). The van der Waals surface area contributed by atoms with Crippen LogP contribution in [0.1, 0.15) is 19.3 Å². The molecule has 18 N–H and O–H groups in total. The number of carbonyl (C=O) groups is 1. The second kappa shape index (κ2) is 15.6. The highest BCUT2D eigenvalue weighted by Crippen LogP contribution is 2.36. The molecule has 240 valence electrons. The van der Waals surface area contributed by atoms with Crippen LogP contribution in [0, 0.1) is 5.92 Å². The number of carbonyl (C=O) groups excluding carboxylic acids is 1. The Balaban J connectivity index is 1.82. The van der Waals surface area contributed by atoms with Crippen LogP contribution in [0.3, 0.4) is 0 Å². The van der Waals surface area contributed by atoms with Gasteiger partial charge in [-0.15, -0.1) is 0 Å². The van der Waals surface area contributed by atoms with E-state index in [2.05, 4.69) is 10.6 Å². The maximum Gasteiger partial charge on any atom is 0.250 e. The van der Waals surface area contributed by atoms with Crippen molar-refractivity contribution in [2.45, 2.75) is 105 Å². The number of ether oxygens (including phenoxy) is 3. The smallest absolute Gasteiger partial charge is 0.250 e. The van der Waals surface area contributed by atoms with Gasteiger partial charge in [0, 0.05) is 43.7 Å². The van der Waals surface area contributed by atoms with Gasteiger partial charge in [0.25, 0.3) is 0 Å². The third-order valence-electron chi connectivity index (χ3n) is 8.22. The average molecular weight is 596 g/mol. The summed E-state index contributed by atoms with van der Waals surface area (Å²) >= 11 is 0. The second-order valence-corrected chi connectivity index (χ2v) is 11.3. The van der Waals surface area contributed by atoms with Gasteiger partial charge in [-0.2, -0.15) is 0 Å². The van der Waals surface area contributed by atoms with E-state index >= 15 is 0 Å². The zero-order valence-electron chi connectivity index (χ0n) is 23.0. The number of rotatable bonds is 12. The molecule has 3 aliphatic rings. The van der Waals surface area contributed by atoms with E-state index in [1.165, 1.54) is 0 Å². The van der Waals surface area contributed by atoms with E-state index < -0.39 is 97.7 Å². The minimum atomic E-state index is -1.55. The zero-order valence-corrected chi connectivity index (χ0v) is 23.0. The van der Waals surface area contributed by atoms with Crippen LogP contribution in [0.2, 0.25) is 0 Å². The topological polar surface area (TPSA) is 320 Å². The molecule has 0 spiro atoms. The zero-order chi connectivity index (χ0) is 30.4. The fourth-order valence-corrected chi connectivity index (χ4v) is 5.77. The monoisotopic (exact) mass is 595 g/mol. The summed E-state index contributed by atoms with van der Waals surface area (Å²) in [6.07, 6.45) is -9.50. The summed E-state index contributed by atoms with van der Waals surface area (Å²) < 4.78 is 17.9. The van der Waals surface area contributed by atoms with Crippen molar-refractivity contribution in [2.24, 2.45) is 34.6 Å². The lowest BCUT2D eigenvalue weighted by Crippen LogP contribution is -2.69. The van der Waals surface area contributed by atoms with Crippen LogP contribution < -0.4 is 39.3 Å². The Morgan fingerprint density at radius 1 is 1.02 bits per heavy atom. The van der Waals surface area contributed by atoms with Gasteiger partial charge in [-0.1, -0.05) is 0 Å². The van der Waals surface area contributed by atoms with Gasteiger partial charge in [0.2, 0.25) is 5.91 Å². The van der Waals surface area contributed by atoms with Crippen molar-refractivity contribution in [2.75, 3.05) is 32.8 Å². The molecule has 0 aromatic carbocycles. The predicted molar refractivity (Wildman–Crippen MR) is 143 cm³/mol. The van der Waals surface area contributed by atoms with Gasteiger partial charge in [0.1, 0.15) is 30.5 Å². The summed E-state index contributed by atoms with van der Waals surface area (Å²) in [7, 11) is 0. The van der Waals surface area contributed by atoms with E-state index in [0.29, 0.717) is 25.9 Å². The first-order valence-corrected chi connectivity index (χ1v) is 14.1. The molecule has 17 nitrogen and oxygen atoms in total. The van der Waals surface area contributed by atoms with E-state index in [1.807, 2.05) is 0 Å². The molecular formula is C24H49N7O10. The lowest BCUT2D eigenvalue weighted by molar-refractivity contribution is -0.306. The van der Waals surface area contributed by atoms with Gasteiger partial charge >= 0.3 is 0 Å². The molecular weight excluding hydrogens is 546 g/mol. The lowest BCUT2D eigenvalue weighted by Gasteiger charge is -2.51. The fourth-order valence-electron chi connectivity index (χ4n) is 5.77. The number of hydrogen-bond donors (Lipinski definition) is 13. The number of hydrogen-bond acceptors (Lipinski definition) is 16. The molecule has 1 aliphatic carbocycles. The third-order valence-corrected chi connectivity index (χ3v) is 8.22. The van der Waals surface area contributed by atoms with Crippen LogP contribution in [0.15, 0.2) is 0 Å². The van der Waals surface area contributed by atoms with Gasteiger partial charge in [-0.3, -0.25) is 4.79 Å². The lowest BCUT2D eigenvalue weighted by atomic mass is 9.72. The average Bonchev–Trinajstić information content (AvgIpc) is 2.95. The van der Waals surface area contributed by atoms with Crippen LogP contribution in [-0.2, 0) is 19.0 Å². The molecule has 0 bridgehead atoms. The minimum Gasteiger partial charge on any atom is -0.395 e. The minimum absolute atomic E-state index is 0.0667. The number of aliphatic hydroxyl groups is 6. The number of nitrogens with one attached hydrogen (secondary N) is 2. The molecule has 2 heterocycles. The highest BCUT2D eigenvalue weighted by molar-refractivity contribution is 5.81. The maximum absolute atomic E-state index is 12.5. The Hall–Kier alpha value is -1.13. The van der Waals surface area contributed by atoms with Crippen molar-refractivity contribution < 1.29 is 49.6 Å². The molecule has 2 saturated heterocycles. The van der Waals surface area contributed by atoms with Gasteiger partial charge in [0.05, 0.1) is 43.6 Å². The Labute approximate surface area is 238 Å². The molecule has 0 aromatic rings. The van der Waals surface area contributed by atoms with Crippen LogP contribution in [0.25, 0.3) is 0 Å². The van der Waals surface area contributed by atoms with Crippen molar-refractivity contribution in [1.29, 1.82) is 0 Å². The highest BCUT2D eigenvalue weighted by Gasteiger charge is 2.53. The maximum atomic E-state index is 12.5. The van der Waals surface area contributed by atoms with E-state index in [1.54, 1.807) is 0 Å². The van der Waals surface area contributed by atoms with E-state index in [4.69, 9.17) is 48.0 Å². The number of aliphatic hydroxyl groups excluding tert-OH is 6. The molecule has 15 unspecified atom stereocenters. The standard InChI is InChI=1S/C24H49N7O10/c25-4-14(34)23(38)31-13-3-12(28)16(21-11(27)2-1-10(39-21)6-30-5-9(26)7-32)19(36)22(13)41-24-20(37)17(29)18(35)15(8-33)40-24/h9-22,24,30,32-37H,1-8,25-29H2,(H,31,38). The van der Waals surface area contributed by atoms with Crippen LogP contribution in [-0.4, -0.2) is 155 Å². The third kappa shape index (κ3) is 8.28. The highest BCUT2D eigenvalue weighted by atomic mass is 16.7. The van der Waals surface area contributed by atoms with Crippen molar-refractivity contribution >= 4 is 5.91 Å². The van der Waals surface area contributed by atoms with Crippen LogP contribution in [0.5, 0.6) is 0 Å².